The maximum Gasteiger partial charge on any atom is 0.196 e. The van der Waals surface area contributed by atoms with Crippen LogP contribution in [0.25, 0.3) is 33.7 Å². The number of fused-ring (bicyclic) bond motifs is 1. The van der Waals surface area contributed by atoms with Gasteiger partial charge in [-0.1, -0.05) is 43.0 Å². The largest absolute Gasteiger partial charge is 0.510 e. The van der Waals surface area contributed by atoms with E-state index in [2.05, 4.69) is 50.3 Å². The van der Waals surface area contributed by atoms with Gasteiger partial charge in [-0.2, -0.15) is 5.26 Å². The summed E-state index contributed by atoms with van der Waals surface area (Å²) in [5.41, 5.74) is 4.63. The Hall–Kier alpha value is -4.42. The van der Waals surface area contributed by atoms with Crippen LogP contribution in [0.2, 0.25) is 0 Å². The summed E-state index contributed by atoms with van der Waals surface area (Å²) in [4.78, 5) is 11.6. The Kier molecular flexibility index (Phi) is 6.28. The molecule has 9 heteroatoms. The summed E-state index contributed by atoms with van der Waals surface area (Å²) in [5.74, 6) is 1.04. The van der Waals surface area contributed by atoms with Gasteiger partial charge < -0.3 is 10.1 Å². The predicted octanol–water partition coefficient (Wildman–Crippen LogP) is 5.35. The molecule has 0 aliphatic rings. The second-order valence-electron chi connectivity index (χ2n) is 7.72. The Morgan fingerprint density at radius 3 is 2.54 bits per heavy atom. The fraction of sp³-hybridized carbons (Fsp3) is 0.115. The molecule has 0 aliphatic carbocycles. The highest BCUT2D eigenvalue weighted by molar-refractivity contribution is 7.99. The van der Waals surface area contributed by atoms with Crippen LogP contribution < -0.4 is 0 Å². The number of aliphatic hydroxyl groups excluding tert-OH is 1. The molecule has 0 aliphatic heterocycles. The number of H-pyrrole nitrogens is 1. The monoisotopic (exact) mass is 479 g/mol. The number of hydrogen-bond donors (Lipinski definition) is 2. The van der Waals surface area contributed by atoms with Gasteiger partial charge in [0.2, 0.25) is 0 Å². The first kappa shape index (κ1) is 22.4. The Bertz CT molecular complexity index is 1510. The molecule has 5 aromatic rings. The standard InChI is InChI=1S/C26H21N7OS/c1-2-17-7-9-19(10-8-17)33-25(18-11-13-28-14-12-18)31-32-26(33)35-16-23(34)20(15-27)24-29-21-5-3-4-6-22(21)30-24/h3-14,34H,2,16H2,1H3,(H,29,30)/b23-20-. The molecule has 0 spiro atoms. The molecule has 2 N–H and O–H groups in total. The number of allylic oxidation sites excluding steroid dienone is 1. The summed E-state index contributed by atoms with van der Waals surface area (Å²) >= 11 is 1.29. The van der Waals surface area contributed by atoms with Crippen LogP contribution in [0.5, 0.6) is 0 Å². The van der Waals surface area contributed by atoms with Crippen LogP contribution in [0.1, 0.15) is 18.3 Å². The third-order valence-corrected chi connectivity index (χ3v) is 6.48. The van der Waals surface area contributed by atoms with Crippen molar-refractivity contribution in [3.63, 3.8) is 0 Å². The van der Waals surface area contributed by atoms with Gasteiger partial charge in [0, 0.05) is 23.6 Å². The van der Waals surface area contributed by atoms with Crippen molar-refractivity contribution in [3.05, 3.63) is 90.2 Å². The number of para-hydroxylation sites is 2. The lowest BCUT2D eigenvalue weighted by Gasteiger charge is -2.11. The molecule has 35 heavy (non-hydrogen) atoms. The molecule has 0 saturated heterocycles. The van der Waals surface area contributed by atoms with E-state index >= 15 is 0 Å². The lowest BCUT2D eigenvalue weighted by atomic mass is 10.1. The number of aryl methyl sites for hydroxylation is 1. The van der Waals surface area contributed by atoms with Gasteiger partial charge >= 0.3 is 0 Å². The third kappa shape index (κ3) is 4.52. The number of nitrogens with one attached hydrogen (secondary N) is 1. The highest BCUT2D eigenvalue weighted by Gasteiger charge is 2.19. The summed E-state index contributed by atoms with van der Waals surface area (Å²) in [6, 6.07) is 21.5. The number of aromatic amines is 1. The van der Waals surface area contributed by atoms with Crippen molar-refractivity contribution in [3.8, 4) is 23.1 Å². The first-order valence-corrected chi connectivity index (χ1v) is 12.0. The normalized spacial score (nSPS) is 11.9. The predicted molar refractivity (Wildman–Crippen MR) is 136 cm³/mol. The van der Waals surface area contributed by atoms with Crippen LogP contribution in [-0.4, -0.2) is 40.6 Å². The van der Waals surface area contributed by atoms with Gasteiger partial charge in [-0.15, -0.1) is 10.2 Å². The molecule has 0 unspecified atom stereocenters. The van der Waals surface area contributed by atoms with Crippen LogP contribution in [0.15, 0.2) is 84.0 Å². The molecular formula is C26H21N7OS. The quantitative estimate of drug-likeness (QED) is 0.183. The molecule has 0 atom stereocenters. The molecule has 0 radical (unpaired) electrons. The Balaban J connectivity index is 1.49. The van der Waals surface area contributed by atoms with Crippen LogP contribution in [-0.2, 0) is 6.42 Å². The van der Waals surface area contributed by atoms with Crippen molar-refractivity contribution >= 4 is 28.4 Å². The summed E-state index contributed by atoms with van der Waals surface area (Å²) in [5, 5.41) is 29.9. The summed E-state index contributed by atoms with van der Waals surface area (Å²) in [7, 11) is 0. The maximum atomic E-state index is 10.8. The third-order valence-electron chi connectivity index (χ3n) is 5.54. The fourth-order valence-electron chi connectivity index (χ4n) is 3.70. The van der Waals surface area contributed by atoms with Gasteiger partial charge in [0.25, 0.3) is 0 Å². The Morgan fingerprint density at radius 1 is 1.06 bits per heavy atom. The van der Waals surface area contributed by atoms with E-state index in [9.17, 15) is 10.4 Å². The van der Waals surface area contributed by atoms with E-state index in [-0.39, 0.29) is 17.1 Å². The second-order valence-corrected chi connectivity index (χ2v) is 8.66. The summed E-state index contributed by atoms with van der Waals surface area (Å²) < 4.78 is 1.94. The van der Waals surface area contributed by atoms with Crippen molar-refractivity contribution in [2.24, 2.45) is 0 Å². The van der Waals surface area contributed by atoms with Crippen LogP contribution >= 0.6 is 11.8 Å². The van der Waals surface area contributed by atoms with E-state index in [1.807, 2.05) is 53.1 Å². The van der Waals surface area contributed by atoms with E-state index in [4.69, 9.17) is 0 Å². The number of pyridine rings is 1. The molecule has 0 fully saturated rings. The molecule has 0 saturated carbocycles. The number of benzene rings is 2. The fourth-order valence-corrected chi connectivity index (χ4v) is 4.52. The second kappa shape index (κ2) is 9.83. The molecular weight excluding hydrogens is 458 g/mol. The van der Waals surface area contributed by atoms with Gasteiger partial charge in [0.1, 0.15) is 17.4 Å². The minimum atomic E-state index is -0.0853. The van der Waals surface area contributed by atoms with Crippen molar-refractivity contribution < 1.29 is 5.11 Å². The molecule has 2 aromatic carbocycles. The number of hydrogen-bond acceptors (Lipinski definition) is 7. The van der Waals surface area contributed by atoms with Gasteiger partial charge in [-0.25, -0.2) is 4.98 Å². The molecule has 3 heterocycles. The van der Waals surface area contributed by atoms with Crippen molar-refractivity contribution in [1.29, 1.82) is 5.26 Å². The van der Waals surface area contributed by atoms with Crippen LogP contribution in [0.3, 0.4) is 0 Å². The molecule has 5 rings (SSSR count). The van der Waals surface area contributed by atoms with E-state index in [1.54, 1.807) is 12.4 Å². The summed E-state index contributed by atoms with van der Waals surface area (Å²) in [6.45, 7) is 2.11. The maximum absolute atomic E-state index is 10.8. The van der Waals surface area contributed by atoms with Crippen molar-refractivity contribution in [1.82, 2.24) is 29.7 Å². The molecule has 8 nitrogen and oxygen atoms in total. The van der Waals surface area contributed by atoms with Crippen LogP contribution in [0, 0.1) is 11.3 Å². The van der Waals surface area contributed by atoms with Crippen molar-refractivity contribution in [2.45, 2.75) is 18.5 Å². The Morgan fingerprint density at radius 2 is 1.83 bits per heavy atom. The minimum Gasteiger partial charge on any atom is -0.510 e. The van der Waals surface area contributed by atoms with E-state index in [0.29, 0.717) is 16.8 Å². The first-order valence-electron chi connectivity index (χ1n) is 11.0. The smallest absolute Gasteiger partial charge is 0.196 e. The van der Waals surface area contributed by atoms with Gasteiger partial charge in [0.15, 0.2) is 16.8 Å². The number of nitrogens with zero attached hydrogens (tertiary/aromatic N) is 6. The van der Waals surface area contributed by atoms with Gasteiger partial charge in [-0.05, 0) is 48.4 Å². The number of imidazole rings is 1. The first-order chi connectivity index (χ1) is 17.2. The topological polar surface area (TPSA) is 116 Å². The highest BCUT2D eigenvalue weighted by atomic mass is 32.2. The SMILES string of the molecule is CCc1ccc(-n2c(SC/C(O)=C(\C#N)c3nc4ccccc4[nH]3)nnc2-c2ccncc2)cc1. The zero-order chi connectivity index (χ0) is 24.2. The number of rotatable bonds is 7. The molecule has 0 amide bonds. The van der Waals surface area contributed by atoms with Gasteiger partial charge in [-0.3, -0.25) is 9.55 Å². The number of nitriles is 1. The lowest BCUT2D eigenvalue weighted by Crippen LogP contribution is -2.01. The van der Waals surface area contributed by atoms with E-state index in [0.717, 1.165) is 28.7 Å². The summed E-state index contributed by atoms with van der Waals surface area (Å²) in [6.07, 6.45) is 4.36. The highest BCUT2D eigenvalue weighted by Crippen LogP contribution is 2.30. The average molecular weight is 480 g/mol. The van der Waals surface area contributed by atoms with Crippen LogP contribution in [0.4, 0.5) is 0 Å². The number of thioether (sulfide) groups is 1. The van der Waals surface area contributed by atoms with Crippen molar-refractivity contribution in [2.75, 3.05) is 5.75 Å². The van der Waals surface area contributed by atoms with Gasteiger partial charge in [0.05, 0.1) is 16.8 Å². The Labute approximate surface area is 206 Å². The molecule has 3 aromatic heterocycles. The average Bonchev–Trinajstić information content (AvgIpc) is 3.53. The van der Waals surface area contributed by atoms with E-state index < -0.39 is 0 Å². The van der Waals surface area contributed by atoms with E-state index in [1.165, 1.54) is 17.3 Å². The number of aromatic nitrogens is 6. The minimum absolute atomic E-state index is 0.0853. The molecule has 0 bridgehead atoms. The zero-order valence-corrected chi connectivity index (χ0v) is 19.7. The zero-order valence-electron chi connectivity index (χ0n) is 18.9. The molecule has 172 valence electrons. The number of aliphatic hydroxyl groups is 1. The lowest BCUT2D eigenvalue weighted by molar-refractivity contribution is 0.420.